The highest BCUT2D eigenvalue weighted by Crippen LogP contribution is 2.41. The van der Waals surface area contributed by atoms with Crippen LogP contribution in [0, 0.1) is 0 Å². The van der Waals surface area contributed by atoms with Gasteiger partial charge >= 0.3 is 0 Å². The Morgan fingerprint density at radius 3 is 2.93 bits per heavy atom. The molecule has 1 aromatic carbocycles. The number of ether oxygens (including phenoxy) is 2. The van der Waals surface area contributed by atoms with Crippen molar-refractivity contribution >= 4 is 11.8 Å². The van der Waals surface area contributed by atoms with Crippen LogP contribution in [0.4, 0.5) is 0 Å². The van der Waals surface area contributed by atoms with Gasteiger partial charge in [-0.25, -0.2) is 0 Å². The molecule has 0 spiro atoms. The first-order valence-corrected chi connectivity index (χ1v) is 6.14. The summed E-state index contributed by atoms with van der Waals surface area (Å²) in [6.07, 6.45) is 0.817. The summed E-state index contributed by atoms with van der Waals surface area (Å²) in [7, 11) is 0. The summed E-state index contributed by atoms with van der Waals surface area (Å²) in [6, 6.07) is 5.70. The van der Waals surface area contributed by atoms with Gasteiger partial charge in [0.05, 0.1) is 5.60 Å². The molecule has 0 amide bonds. The van der Waals surface area contributed by atoms with Gasteiger partial charge in [-0.2, -0.15) is 11.8 Å². The number of hydrogen-bond acceptors (Lipinski definition) is 4. The Morgan fingerprint density at radius 1 is 1.27 bits per heavy atom. The standard InChI is InChI=1S/C11H12O3S/c12-11(3-4-15-6-11)8-1-2-9-10(5-8)14-7-13-9/h1-2,5,12H,3-4,6-7H2. The predicted molar refractivity (Wildman–Crippen MR) is 58.4 cm³/mol. The molecule has 15 heavy (non-hydrogen) atoms. The fraction of sp³-hybridized carbons (Fsp3) is 0.455. The molecule has 80 valence electrons. The maximum atomic E-state index is 10.4. The largest absolute Gasteiger partial charge is 0.454 e. The van der Waals surface area contributed by atoms with E-state index in [1.165, 1.54) is 0 Å². The number of hydrogen-bond donors (Lipinski definition) is 1. The third kappa shape index (κ3) is 1.48. The third-order valence-electron chi connectivity index (χ3n) is 2.91. The summed E-state index contributed by atoms with van der Waals surface area (Å²) in [5.41, 5.74) is 0.266. The van der Waals surface area contributed by atoms with Gasteiger partial charge < -0.3 is 14.6 Å². The van der Waals surface area contributed by atoms with Crippen molar-refractivity contribution in [1.29, 1.82) is 0 Å². The average Bonchev–Trinajstić information content (AvgIpc) is 2.85. The van der Waals surface area contributed by atoms with E-state index in [4.69, 9.17) is 9.47 Å². The first-order chi connectivity index (χ1) is 7.28. The molecule has 2 aliphatic rings. The van der Waals surface area contributed by atoms with Crippen LogP contribution in [0.15, 0.2) is 18.2 Å². The van der Waals surface area contributed by atoms with Gasteiger partial charge in [0.2, 0.25) is 6.79 Å². The molecule has 1 atom stereocenters. The van der Waals surface area contributed by atoms with E-state index in [-0.39, 0.29) is 6.79 Å². The highest BCUT2D eigenvalue weighted by molar-refractivity contribution is 7.99. The maximum absolute atomic E-state index is 10.4. The first kappa shape index (κ1) is 9.36. The Morgan fingerprint density at radius 2 is 2.13 bits per heavy atom. The third-order valence-corrected chi connectivity index (χ3v) is 4.09. The minimum absolute atomic E-state index is 0.284. The van der Waals surface area contributed by atoms with Gasteiger partial charge in [-0.15, -0.1) is 0 Å². The van der Waals surface area contributed by atoms with Crippen molar-refractivity contribution in [2.75, 3.05) is 18.3 Å². The SMILES string of the molecule is OC1(c2ccc3c(c2)OCO3)CCSC1. The van der Waals surface area contributed by atoms with Crippen LogP contribution in [0.25, 0.3) is 0 Å². The van der Waals surface area contributed by atoms with Gasteiger partial charge in [-0.05, 0) is 29.9 Å². The van der Waals surface area contributed by atoms with Crippen LogP contribution >= 0.6 is 11.8 Å². The number of benzene rings is 1. The maximum Gasteiger partial charge on any atom is 0.231 e. The predicted octanol–water partition coefficient (Wildman–Crippen LogP) is 1.74. The zero-order valence-electron chi connectivity index (χ0n) is 8.23. The molecule has 2 aliphatic heterocycles. The lowest BCUT2D eigenvalue weighted by molar-refractivity contribution is 0.0655. The second kappa shape index (κ2) is 3.32. The van der Waals surface area contributed by atoms with Crippen molar-refractivity contribution in [3.63, 3.8) is 0 Å². The zero-order chi connectivity index (χ0) is 10.3. The fourth-order valence-corrected chi connectivity index (χ4v) is 3.24. The van der Waals surface area contributed by atoms with Crippen molar-refractivity contribution < 1.29 is 14.6 Å². The van der Waals surface area contributed by atoms with Crippen molar-refractivity contribution in [1.82, 2.24) is 0 Å². The van der Waals surface area contributed by atoms with Crippen molar-refractivity contribution in [2.24, 2.45) is 0 Å². The van der Waals surface area contributed by atoms with E-state index in [0.717, 1.165) is 35.0 Å². The van der Waals surface area contributed by atoms with Crippen molar-refractivity contribution in [3.8, 4) is 11.5 Å². The van der Waals surface area contributed by atoms with E-state index < -0.39 is 5.60 Å². The molecular formula is C11H12O3S. The molecule has 0 bridgehead atoms. The highest BCUT2D eigenvalue weighted by Gasteiger charge is 2.34. The highest BCUT2D eigenvalue weighted by atomic mass is 32.2. The molecule has 1 fully saturated rings. The molecule has 0 radical (unpaired) electrons. The van der Waals surface area contributed by atoms with Crippen LogP contribution in [-0.4, -0.2) is 23.4 Å². The van der Waals surface area contributed by atoms with Crippen LogP contribution in [0.2, 0.25) is 0 Å². The molecule has 2 heterocycles. The second-order valence-corrected chi connectivity index (χ2v) is 5.01. The van der Waals surface area contributed by atoms with Gasteiger partial charge in [-0.1, -0.05) is 6.07 Å². The second-order valence-electron chi connectivity index (χ2n) is 3.90. The van der Waals surface area contributed by atoms with Crippen LogP contribution in [0.5, 0.6) is 11.5 Å². The van der Waals surface area contributed by atoms with E-state index in [1.807, 2.05) is 18.2 Å². The lowest BCUT2D eigenvalue weighted by Crippen LogP contribution is -2.24. The van der Waals surface area contributed by atoms with Gasteiger partial charge in [-0.3, -0.25) is 0 Å². The Labute approximate surface area is 92.4 Å². The van der Waals surface area contributed by atoms with Gasteiger partial charge in [0, 0.05) is 5.75 Å². The summed E-state index contributed by atoms with van der Waals surface area (Å²) >= 11 is 1.79. The number of thioether (sulfide) groups is 1. The minimum atomic E-state index is -0.675. The number of rotatable bonds is 1. The Bertz CT molecular complexity index is 385. The summed E-state index contributed by atoms with van der Waals surface area (Å²) in [6.45, 7) is 0.284. The Balaban J connectivity index is 1.98. The first-order valence-electron chi connectivity index (χ1n) is 4.98. The molecule has 3 nitrogen and oxygen atoms in total. The van der Waals surface area contributed by atoms with Crippen molar-refractivity contribution in [2.45, 2.75) is 12.0 Å². The van der Waals surface area contributed by atoms with Gasteiger partial charge in [0.15, 0.2) is 11.5 Å². The molecule has 0 aliphatic carbocycles. The molecule has 3 rings (SSSR count). The van der Waals surface area contributed by atoms with Crippen LogP contribution in [-0.2, 0) is 5.60 Å². The topological polar surface area (TPSA) is 38.7 Å². The smallest absolute Gasteiger partial charge is 0.231 e. The summed E-state index contributed by atoms with van der Waals surface area (Å²) < 4.78 is 10.5. The number of fused-ring (bicyclic) bond motifs is 1. The van der Waals surface area contributed by atoms with Crippen LogP contribution in [0.1, 0.15) is 12.0 Å². The van der Waals surface area contributed by atoms with E-state index >= 15 is 0 Å². The monoisotopic (exact) mass is 224 g/mol. The molecule has 1 aromatic rings. The van der Waals surface area contributed by atoms with E-state index in [9.17, 15) is 5.11 Å². The quantitative estimate of drug-likeness (QED) is 0.788. The molecule has 1 unspecified atom stereocenters. The van der Waals surface area contributed by atoms with Crippen molar-refractivity contribution in [3.05, 3.63) is 23.8 Å². The van der Waals surface area contributed by atoms with Gasteiger partial charge in [0.1, 0.15) is 0 Å². The molecule has 4 heteroatoms. The van der Waals surface area contributed by atoms with Crippen LogP contribution in [0.3, 0.4) is 0 Å². The molecule has 1 saturated heterocycles. The molecule has 1 N–H and O–H groups in total. The zero-order valence-corrected chi connectivity index (χ0v) is 9.05. The van der Waals surface area contributed by atoms with E-state index in [2.05, 4.69) is 0 Å². The van der Waals surface area contributed by atoms with Gasteiger partial charge in [0.25, 0.3) is 0 Å². The summed E-state index contributed by atoms with van der Waals surface area (Å²) in [4.78, 5) is 0. The van der Waals surface area contributed by atoms with E-state index in [1.54, 1.807) is 11.8 Å². The fourth-order valence-electron chi connectivity index (χ4n) is 1.97. The Hall–Kier alpha value is -0.870. The average molecular weight is 224 g/mol. The lowest BCUT2D eigenvalue weighted by Gasteiger charge is -2.21. The number of aliphatic hydroxyl groups is 1. The molecule has 0 saturated carbocycles. The summed E-state index contributed by atoms with van der Waals surface area (Å²) in [5.74, 6) is 3.31. The lowest BCUT2D eigenvalue weighted by atomic mass is 9.93. The Kier molecular flexibility index (Phi) is 2.07. The molecular weight excluding hydrogens is 212 g/mol. The summed E-state index contributed by atoms with van der Waals surface area (Å²) in [5, 5.41) is 10.4. The normalized spacial score (nSPS) is 28.3. The van der Waals surface area contributed by atoms with E-state index in [0.29, 0.717) is 0 Å². The minimum Gasteiger partial charge on any atom is -0.454 e. The molecule has 0 aromatic heterocycles. The van der Waals surface area contributed by atoms with Crippen LogP contribution < -0.4 is 9.47 Å².